The molecule has 1 aromatic carbocycles. The van der Waals surface area contributed by atoms with Crippen molar-refractivity contribution >= 4 is 5.84 Å². The first kappa shape index (κ1) is 12.3. The molecule has 5 heteroatoms. The molecule has 0 radical (unpaired) electrons. The van der Waals surface area contributed by atoms with Crippen molar-refractivity contribution in [3.8, 4) is 5.75 Å². The highest BCUT2D eigenvalue weighted by Crippen LogP contribution is 2.17. The van der Waals surface area contributed by atoms with E-state index >= 15 is 0 Å². The van der Waals surface area contributed by atoms with Gasteiger partial charge in [0.2, 0.25) is 0 Å². The van der Waals surface area contributed by atoms with Gasteiger partial charge in [-0.1, -0.05) is 5.16 Å². The Morgan fingerprint density at radius 3 is 2.81 bits per heavy atom. The first-order valence-corrected chi connectivity index (χ1v) is 5.01. The second-order valence-electron chi connectivity index (χ2n) is 3.39. The van der Waals surface area contributed by atoms with Gasteiger partial charge in [-0.2, -0.15) is 0 Å². The number of rotatable bonds is 5. The first-order chi connectivity index (χ1) is 7.69. The van der Waals surface area contributed by atoms with Crippen LogP contribution in [0.2, 0.25) is 0 Å². The molecule has 0 atom stereocenters. The van der Waals surface area contributed by atoms with Crippen molar-refractivity contribution in [1.29, 1.82) is 0 Å². The molecule has 0 aliphatic carbocycles. The lowest BCUT2D eigenvalue weighted by atomic mass is 10.1. The lowest BCUT2D eigenvalue weighted by Crippen LogP contribution is -2.14. The Balaban J connectivity index is 2.75. The zero-order valence-electron chi connectivity index (χ0n) is 9.18. The van der Waals surface area contributed by atoms with Crippen LogP contribution < -0.4 is 10.5 Å². The van der Waals surface area contributed by atoms with Gasteiger partial charge in [-0.3, -0.25) is 0 Å². The molecule has 0 amide bonds. The summed E-state index contributed by atoms with van der Waals surface area (Å²) in [6, 6.07) is 5.29. The Morgan fingerprint density at radius 2 is 2.25 bits per heavy atom. The third kappa shape index (κ3) is 3.13. The summed E-state index contributed by atoms with van der Waals surface area (Å²) in [6.07, 6.45) is 0.598. The number of amidine groups is 1. The molecular weight excluding hydrogens is 208 g/mol. The highest BCUT2D eigenvalue weighted by Gasteiger charge is 2.04. The largest absolute Gasteiger partial charge is 0.493 e. The number of aryl methyl sites for hydroxylation is 1. The highest BCUT2D eigenvalue weighted by molar-refractivity contribution is 5.98. The van der Waals surface area contributed by atoms with Gasteiger partial charge in [0, 0.05) is 18.6 Å². The fourth-order valence-corrected chi connectivity index (χ4v) is 1.32. The lowest BCUT2D eigenvalue weighted by Gasteiger charge is -2.08. The molecule has 88 valence electrons. The van der Waals surface area contributed by atoms with Crippen molar-refractivity contribution in [3.63, 3.8) is 0 Å². The minimum atomic E-state index is 0.0828. The van der Waals surface area contributed by atoms with Gasteiger partial charge in [-0.05, 0) is 30.7 Å². The molecule has 0 bridgehead atoms. The monoisotopic (exact) mass is 224 g/mol. The van der Waals surface area contributed by atoms with Gasteiger partial charge in [0.25, 0.3) is 0 Å². The van der Waals surface area contributed by atoms with E-state index in [0.717, 1.165) is 5.56 Å². The van der Waals surface area contributed by atoms with E-state index in [1.807, 2.05) is 13.0 Å². The number of oxime groups is 1. The van der Waals surface area contributed by atoms with Crippen molar-refractivity contribution in [2.45, 2.75) is 13.3 Å². The summed E-state index contributed by atoms with van der Waals surface area (Å²) in [5.74, 6) is 0.792. The Kier molecular flexibility index (Phi) is 4.60. The van der Waals surface area contributed by atoms with Gasteiger partial charge in [0.1, 0.15) is 5.75 Å². The summed E-state index contributed by atoms with van der Waals surface area (Å²) in [4.78, 5) is 0. The molecule has 16 heavy (non-hydrogen) atoms. The molecule has 4 N–H and O–H groups in total. The number of aliphatic hydroxyl groups is 1. The molecule has 0 aliphatic heterocycles. The number of ether oxygens (including phenoxy) is 1. The number of nitrogens with zero attached hydrogens (tertiary/aromatic N) is 1. The molecule has 0 saturated heterocycles. The van der Waals surface area contributed by atoms with Crippen LogP contribution in [0.25, 0.3) is 0 Å². The second kappa shape index (κ2) is 5.97. The summed E-state index contributed by atoms with van der Waals surface area (Å²) in [5.41, 5.74) is 7.04. The predicted octanol–water partition coefficient (Wildman–Crippen LogP) is 0.851. The van der Waals surface area contributed by atoms with E-state index in [2.05, 4.69) is 5.16 Å². The molecule has 1 aromatic rings. The lowest BCUT2D eigenvalue weighted by molar-refractivity contribution is 0.233. The molecule has 5 nitrogen and oxygen atoms in total. The van der Waals surface area contributed by atoms with Gasteiger partial charge < -0.3 is 20.8 Å². The topological polar surface area (TPSA) is 88.1 Å². The van der Waals surface area contributed by atoms with Crippen LogP contribution in [0, 0.1) is 6.92 Å². The summed E-state index contributed by atoms with van der Waals surface area (Å²) >= 11 is 0. The average Bonchev–Trinajstić information content (AvgIpc) is 2.29. The van der Waals surface area contributed by atoms with Crippen LogP contribution in [0.15, 0.2) is 23.4 Å². The van der Waals surface area contributed by atoms with Gasteiger partial charge >= 0.3 is 0 Å². The summed E-state index contributed by atoms with van der Waals surface area (Å²) in [7, 11) is 0. The quantitative estimate of drug-likeness (QED) is 0.227. The van der Waals surface area contributed by atoms with E-state index in [1.54, 1.807) is 12.1 Å². The van der Waals surface area contributed by atoms with Gasteiger partial charge in [-0.15, -0.1) is 0 Å². The zero-order valence-corrected chi connectivity index (χ0v) is 9.18. The second-order valence-corrected chi connectivity index (χ2v) is 3.39. The number of aliphatic hydroxyl groups excluding tert-OH is 1. The summed E-state index contributed by atoms with van der Waals surface area (Å²) < 4.78 is 5.39. The Bertz CT molecular complexity index is 377. The van der Waals surface area contributed by atoms with Crippen molar-refractivity contribution in [2.75, 3.05) is 13.2 Å². The smallest absolute Gasteiger partial charge is 0.170 e. The minimum absolute atomic E-state index is 0.0828. The van der Waals surface area contributed by atoms with E-state index < -0.39 is 0 Å². The molecule has 0 unspecified atom stereocenters. The third-order valence-electron chi connectivity index (χ3n) is 2.15. The van der Waals surface area contributed by atoms with Crippen molar-refractivity contribution in [2.24, 2.45) is 10.9 Å². The first-order valence-electron chi connectivity index (χ1n) is 5.01. The fourth-order valence-electron chi connectivity index (χ4n) is 1.32. The molecule has 0 spiro atoms. The maximum atomic E-state index is 8.61. The van der Waals surface area contributed by atoms with Crippen LogP contribution in [0.4, 0.5) is 0 Å². The van der Waals surface area contributed by atoms with E-state index in [4.69, 9.17) is 20.8 Å². The molecule has 0 fully saturated rings. The third-order valence-corrected chi connectivity index (χ3v) is 2.15. The molecule has 1 rings (SSSR count). The average molecular weight is 224 g/mol. The molecular formula is C11H16N2O3. The van der Waals surface area contributed by atoms with E-state index in [-0.39, 0.29) is 12.4 Å². The summed E-state index contributed by atoms with van der Waals surface area (Å²) in [6.45, 7) is 2.44. The standard InChI is InChI=1S/C11H16N2O3/c1-8-7-9(16-6-2-5-14)3-4-10(8)11(12)13-15/h3-4,7,14-15H,2,5-6H2,1H3,(H2,12,13). The van der Waals surface area contributed by atoms with Gasteiger partial charge in [0.05, 0.1) is 6.61 Å². The Labute approximate surface area is 94.1 Å². The highest BCUT2D eigenvalue weighted by atomic mass is 16.5. The number of hydrogen-bond donors (Lipinski definition) is 3. The van der Waals surface area contributed by atoms with Crippen LogP contribution in [0.3, 0.4) is 0 Å². The summed E-state index contributed by atoms with van der Waals surface area (Å²) in [5, 5.41) is 20.1. The van der Waals surface area contributed by atoms with E-state index in [0.29, 0.717) is 24.3 Å². The van der Waals surface area contributed by atoms with Crippen molar-refractivity contribution in [1.82, 2.24) is 0 Å². The normalized spacial score (nSPS) is 11.5. The number of nitrogens with two attached hydrogens (primary N) is 1. The van der Waals surface area contributed by atoms with Crippen LogP contribution in [-0.4, -0.2) is 29.4 Å². The van der Waals surface area contributed by atoms with E-state index in [1.165, 1.54) is 0 Å². The maximum Gasteiger partial charge on any atom is 0.170 e. The molecule has 0 aliphatic rings. The fraction of sp³-hybridized carbons (Fsp3) is 0.364. The SMILES string of the molecule is Cc1cc(OCCCO)ccc1/C(N)=N/O. The van der Waals surface area contributed by atoms with Gasteiger partial charge in [-0.25, -0.2) is 0 Å². The van der Waals surface area contributed by atoms with Crippen LogP contribution in [0.1, 0.15) is 17.5 Å². The van der Waals surface area contributed by atoms with Crippen LogP contribution in [-0.2, 0) is 0 Å². The van der Waals surface area contributed by atoms with Crippen LogP contribution in [0.5, 0.6) is 5.75 Å². The molecule has 0 saturated carbocycles. The number of benzene rings is 1. The van der Waals surface area contributed by atoms with Crippen molar-refractivity contribution < 1.29 is 15.1 Å². The molecule has 0 aromatic heterocycles. The van der Waals surface area contributed by atoms with Gasteiger partial charge in [0.15, 0.2) is 5.84 Å². The predicted molar refractivity (Wildman–Crippen MR) is 60.9 cm³/mol. The molecule has 0 heterocycles. The number of hydrogen-bond acceptors (Lipinski definition) is 4. The van der Waals surface area contributed by atoms with Crippen LogP contribution >= 0.6 is 0 Å². The Hall–Kier alpha value is -1.75. The van der Waals surface area contributed by atoms with E-state index in [9.17, 15) is 0 Å². The minimum Gasteiger partial charge on any atom is -0.493 e. The van der Waals surface area contributed by atoms with Crippen molar-refractivity contribution in [3.05, 3.63) is 29.3 Å². The zero-order chi connectivity index (χ0) is 12.0. The Morgan fingerprint density at radius 1 is 1.50 bits per heavy atom. The maximum absolute atomic E-state index is 8.61.